The molecule has 2 nitrogen and oxygen atoms in total. The molecule has 1 aromatic rings. The van der Waals surface area contributed by atoms with Crippen LogP contribution in [0.5, 0.6) is 0 Å². The maximum absolute atomic E-state index is 3.75. The number of anilines is 1. The van der Waals surface area contributed by atoms with Crippen LogP contribution in [-0.2, 0) is 0 Å². The second kappa shape index (κ2) is 7.05. The number of para-hydroxylation sites is 1. The summed E-state index contributed by atoms with van der Waals surface area (Å²) in [6.45, 7) is 4.66. The molecule has 2 rings (SSSR count). The maximum atomic E-state index is 3.75. The van der Waals surface area contributed by atoms with Crippen molar-refractivity contribution >= 4 is 17.4 Å². The van der Waals surface area contributed by atoms with E-state index in [1.807, 2.05) is 11.8 Å². The summed E-state index contributed by atoms with van der Waals surface area (Å²) in [5.74, 6) is 1.13. The fraction of sp³-hybridized carbons (Fsp3) is 0.600. The zero-order chi connectivity index (χ0) is 12.8. The van der Waals surface area contributed by atoms with Gasteiger partial charge in [0.1, 0.15) is 0 Å². The molecule has 1 heterocycles. The standard InChI is InChI=1S/C15H24N2S/c1-3-18-15-9-5-4-8-14(15)16-13-7-6-11-17(2)12-10-13/h4-5,8-9,13,16H,3,6-7,10-12H2,1-2H3. The molecule has 0 saturated carbocycles. The molecular weight excluding hydrogens is 240 g/mol. The van der Waals surface area contributed by atoms with E-state index < -0.39 is 0 Å². The van der Waals surface area contributed by atoms with Crippen molar-refractivity contribution in [2.75, 3.05) is 31.2 Å². The summed E-state index contributed by atoms with van der Waals surface area (Å²) in [5, 5.41) is 3.75. The minimum Gasteiger partial charge on any atom is -0.381 e. The molecule has 0 aliphatic carbocycles. The quantitative estimate of drug-likeness (QED) is 0.835. The summed E-state index contributed by atoms with van der Waals surface area (Å²) in [5.41, 5.74) is 1.32. The topological polar surface area (TPSA) is 15.3 Å². The van der Waals surface area contributed by atoms with Crippen LogP contribution in [0.3, 0.4) is 0 Å². The lowest BCUT2D eigenvalue weighted by Gasteiger charge is -2.20. The highest BCUT2D eigenvalue weighted by Crippen LogP contribution is 2.28. The highest BCUT2D eigenvalue weighted by molar-refractivity contribution is 7.99. The minimum absolute atomic E-state index is 0.633. The highest BCUT2D eigenvalue weighted by Gasteiger charge is 2.15. The molecular formula is C15H24N2S. The summed E-state index contributed by atoms with van der Waals surface area (Å²) in [7, 11) is 2.23. The second-order valence-corrected chi connectivity index (χ2v) is 6.31. The monoisotopic (exact) mass is 264 g/mol. The first-order valence-corrected chi connectivity index (χ1v) is 7.95. The molecule has 3 heteroatoms. The first-order chi connectivity index (χ1) is 8.79. The first-order valence-electron chi connectivity index (χ1n) is 6.96. The average molecular weight is 264 g/mol. The average Bonchev–Trinajstić information content (AvgIpc) is 2.57. The molecule has 100 valence electrons. The summed E-state index contributed by atoms with van der Waals surface area (Å²) in [6.07, 6.45) is 3.84. The van der Waals surface area contributed by atoms with Crippen molar-refractivity contribution in [3.05, 3.63) is 24.3 Å². The third-order valence-electron chi connectivity index (χ3n) is 3.50. The lowest BCUT2D eigenvalue weighted by atomic mass is 10.1. The van der Waals surface area contributed by atoms with Gasteiger partial charge < -0.3 is 10.2 Å². The van der Waals surface area contributed by atoms with Gasteiger partial charge in [-0.25, -0.2) is 0 Å². The number of likely N-dealkylation sites (tertiary alicyclic amines) is 1. The van der Waals surface area contributed by atoms with Gasteiger partial charge in [0.05, 0.1) is 0 Å². The molecule has 1 fully saturated rings. The van der Waals surface area contributed by atoms with Gasteiger partial charge in [-0.05, 0) is 57.3 Å². The number of nitrogens with zero attached hydrogens (tertiary/aromatic N) is 1. The van der Waals surface area contributed by atoms with Gasteiger partial charge in [-0.1, -0.05) is 19.1 Å². The number of benzene rings is 1. The van der Waals surface area contributed by atoms with E-state index in [-0.39, 0.29) is 0 Å². The molecule has 0 aromatic heterocycles. The maximum Gasteiger partial charge on any atom is 0.0480 e. The van der Waals surface area contributed by atoms with Crippen molar-refractivity contribution < 1.29 is 0 Å². The van der Waals surface area contributed by atoms with E-state index >= 15 is 0 Å². The van der Waals surface area contributed by atoms with Crippen molar-refractivity contribution in [3.63, 3.8) is 0 Å². The van der Waals surface area contributed by atoms with Crippen molar-refractivity contribution in [1.82, 2.24) is 4.90 Å². The van der Waals surface area contributed by atoms with Crippen molar-refractivity contribution in [1.29, 1.82) is 0 Å². The van der Waals surface area contributed by atoms with Gasteiger partial charge in [0.15, 0.2) is 0 Å². The molecule has 0 spiro atoms. The van der Waals surface area contributed by atoms with Gasteiger partial charge in [-0.15, -0.1) is 11.8 Å². The molecule has 1 aliphatic rings. The Morgan fingerprint density at radius 3 is 2.94 bits per heavy atom. The number of rotatable bonds is 4. The molecule has 1 atom stereocenters. The third-order valence-corrected chi connectivity index (χ3v) is 4.45. The van der Waals surface area contributed by atoms with Crippen LogP contribution in [0, 0.1) is 0 Å². The summed E-state index contributed by atoms with van der Waals surface area (Å²) >= 11 is 1.92. The molecule has 1 N–H and O–H groups in total. The predicted molar refractivity (Wildman–Crippen MR) is 81.6 cm³/mol. The zero-order valence-electron chi connectivity index (χ0n) is 11.5. The van der Waals surface area contributed by atoms with E-state index in [4.69, 9.17) is 0 Å². The lowest BCUT2D eigenvalue weighted by Crippen LogP contribution is -2.23. The van der Waals surface area contributed by atoms with E-state index in [1.165, 1.54) is 42.9 Å². The van der Waals surface area contributed by atoms with Crippen molar-refractivity contribution in [3.8, 4) is 0 Å². The van der Waals surface area contributed by atoms with Crippen molar-refractivity contribution in [2.45, 2.75) is 37.1 Å². The van der Waals surface area contributed by atoms with Crippen LogP contribution in [0.4, 0.5) is 5.69 Å². The second-order valence-electron chi connectivity index (χ2n) is 5.00. The van der Waals surface area contributed by atoms with Gasteiger partial charge in [0.2, 0.25) is 0 Å². The van der Waals surface area contributed by atoms with E-state index in [0.717, 1.165) is 5.75 Å². The Kier molecular flexibility index (Phi) is 5.39. The summed E-state index contributed by atoms with van der Waals surface area (Å²) < 4.78 is 0. The largest absolute Gasteiger partial charge is 0.381 e. The van der Waals surface area contributed by atoms with E-state index in [9.17, 15) is 0 Å². The molecule has 0 radical (unpaired) electrons. The van der Waals surface area contributed by atoms with Crippen LogP contribution in [0.15, 0.2) is 29.2 Å². The lowest BCUT2D eigenvalue weighted by molar-refractivity contribution is 0.348. The molecule has 1 aliphatic heterocycles. The normalized spacial score (nSPS) is 21.6. The Morgan fingerprint density at radius 2 is 2.11 bits per heavy atom. The van der Waals surface area contributed by atoms with Crippen LogP contribution in [0.1, 0.15) is 26.2 Å². The van der Waals surface area contributed by atoms with Gasteiger partial charge in [0, 0.05) is 16.6 Å². The molecule has 1 saturated heterocycles. The van der Waals surface area contributed by atoms with Gasteiger partial charge in [-0.3, -0.25) is 0 Å². The highest BCUT2D eigenvalue weighted by atomic mass is 32.2. The fourth-order valence-corrected chi connectivity index (χ4v) is 3.24. The Morgan fingerprint density at radius 1 is 1.28 bits per heavy atom. The van der Waals surface area contributed by atoms with Gasteiger partial charge in [0.25, 0.3) is 0 Å². The first kappa shape index (κ1) is 13.8. The van der Waals surface area contributed by atoms with Crippen molar-refractivity contribution in [2.24, 2.45) is 0 Å². The molecule has 18 heavy (non-hydrogen) atoms. The minimum atomic E-state index is 0.633. The fourth-order valence-electron chi connectivity index (χ4n) is 2.47. The van der Waals surface area contributed by atoms with Crippen LogP contribution in [0.25, 0.3) is 0 Å². The van der Waals surface area contributed by atoms with Crippen LogP contribution < -0.4 is 5.32 Å². The third kappa shape index (κ3) is 3.92. The Bertz CT molecular complexity index is 367. The smallest absolute Gasteiger partial charge is 0.0480 e. The summed E-state index contributed by atoms with van der Waals surface area (Å²) in [6, 6.07) is 9.33. The Hall–Kier alpha value is -0.670. The number of hydrogen-bond acceptors (Lipinski definition) is 3. The Labute approximate surface area is 115 Å². The molecule has 1 aromatic carbocycles. The number of hydrogen-bond donors (Lipinski definition) is 1. The van der Waals surface area contributed by atoms with Gasteiger partial charge >= 0.3 is 0 Å². The number of nitrogens with one attached hydrogen (secondary N) is 1. The van der Waals surface area contributed by atoms with Crippen LogP contribution >= 0.6 is 11.8 Å². The Balaban J connectivity index is 1.99. The predicted octanol–water partition coefficient (Wildman–Crippen LogP) is 3.69. The van der Waals surface area contributed by atoms with Gasteiger partial charge in [-0.2, -0.15) is 0 Å². The van der Waals surface area contributed by atoms with E-state index in [0.29, 0.717) is 6.04 Å². The molecule has 0 amide bonds. The summed E-state index contributed by atoms with van der Waals surface area (Å²) in [4.78, 5) is 3.83. The molecule has 0 bridgehead atoms. The number of thioether (sulfide) groups is 1. The van der Waals surface area contributed by atoms with E-state index in [1.54, 1.807) is 0 Å². The molecule has 1 unspecified atom stereocenters. The van der Waals surface area contributed by atoms with Crippen LogP contribution in [-0.4, -0.2) is 36.8 Å². The zero-order valence-corrected chi connectivity index (χ0v) is 12.3. The van der Waals surface area contributed by atoms with Crippen LogP contribution in [0.2, 0.25) is 0 Å². The van der Waals surface area contributed by atoms with E-state index in [2.05, 4.69) is 48.5 Å². The SMILES string of the molecule is CCSc1ccccc1NC1CCCN(C)CC1.